The minimum atomic E-state index is -0.175. The van der Waals surface area contributed by atoms with E-state index < -0.39 is 0 Å². The van der Waals surface area contributed by atoms with E-state index in [0.29, 0.717) is 31.2 Å². The molecule has 1 saturated heterocycles. The third kappa shape index (κ3) is 3.36. The number of ether oxygens (including phenoxy) is 1. The molecule has 1 aromatic carbocycles. The number of nitrogens with zero attached hydrogens (tertiary/aromatic N) is 2. The van der Waals surface area contributed by atoms with Crippen LogP contribution in [0.15, 0.2) is 36.9 Å². The van der Waals surface area contributed by atoms with Crippen LogP contribution in [0.5, 0.6) is 0 Å². The Kier molecular flexibility index (Phi) is 5.00. The number of hydrogen-bond acceptors (Lipinski definition) is 3. The van der Waals surface area contributed by atoms with E-state index in [9.17, 15) is 9.59 Å². The molecular formula is C19H24N2O3. The molecule has 1 aliphatic carbocycles. The Morgan fingerprint density at radius 2 is 2.00 bits per heavy atom. The zero-order chi connectivity index (χ0) is 17.1. The monoisotopic (exact) mass is 328 g/mol. The average molecular weight is 328 g/mol. The molecule has 0 spiro atoms. The highest BCUT2D eigenvalue weighted by Crippen LogP contribution is 2.33. The third-order valence-corrected chi connectivity index (χ3v) is 5.06. The van der Waals surface area contributed by atoms with Gasteiger partial charge in [-0.2, -0.15) is 0 Å². The van der Waals surface area contributed by atoms with E-state index in [1.165, 1.54) is 30.2 Å². The number of morpholine rings is 1. The van der Waals surface area contributed by atoms with Crippen molar-refractivity contribution in [3.63, 3.8) is 0 Å². The lowest BCUT2D eigenvalue weighted by Gasteiger charge is -2.40. The fraction of sp³-hybridized carbons (Fsp3) is 0.474. The van der Waals surface area contributed by atoms with Gasteiger partial charge >= 0.3 is 0 Å². The first-order chi connectivity index (χ1) is 11.6. The summed E-state index contributed by atoms with van der Waals surface area (Å²) in [7, 11) is 1.69. The quantitative estimate of drug-likeness (QED) is 0.798. The van der Waals surface area contributed by atoms with Crippen molar-refractivity contribution in [1.29, 1.82) is 0 Å². The Balaban J connectivity index is 1.66. The molecule has 0 aromatic heterocycles. The molecule has 1 heterocycles. The highest BCUT2D eigenvalue weighted by atomic mass is 16.5. The zero-order valence-corrected chi connectivity index (χ0v) is 14.1. The van der Waals surface area contributed by atoms with E-state index >= 15 is 0 Å². The van der Waals surface area contributed by atoms with Crippen molar-refractivity contribution < 1.29 is 14.3 Å². The van der Waals surface area contributed by atoms with E-state index in [1.807, 2.05) is 4.90 Å². The molecule has 0 radical (unpaired) electrons. The van der Waals surface area contributed by atoms with Crippen LogP contribution >= 0.6 is 0 Å². The van der Waals surface area contributed by atoms with Crippen molar-refractivity contribution in [2.24, 2.45) is 5.92 Å². The Bertz CT molecular complexity index is 622. The van der Waals surface area contributed by atoms with Crippen LogP contribution < -0.4 is 4.90 Å². The van der Waals surface area contributed by atoms with Crippen LogP contribution in [0.25, 0.3) is 0 Å². The normalized spacial score (nSPS) is 21.0. The summed E-state index contributed by atoms with van der Waals surface area (Å²) in [5, 5.41) is 0. The number of carbonyl (C=O) groups is 2. The van der Waals surface area contributed by atoms with Gasteiger partial charge in [0.05, 0.1) is 12.7 Å². The fourth-order valence-corrected chi connectivity index (χ4v) is 3.23. The standard InChI is InChI=1S/C19H24N2O3/c1-3-18(22)20(2)16-9-7-15(8-10-16)19(23)21-11-12-24-17(13-21)14-5-4-6-14/h3,7-10,14,17H,1,4-6,11-13H2,2H3. The molecule has 1 aliphatic heterocycles. The molecule has 24 heavy (non-hydrogen) atoms. The maximum absolute atomic E-state index is 12.7. The Morgan fingerprint density at radius 3 is 2.58 bits per heavy atom. The number of hydrogen-bond donors (Lipinski definition) is 0. The van der Waals surface area contributed by atoms with Gasteiger partial charge in [-0.1, -0.05) is 13.0 Å². The maximum Gasteiger partial charge on any atom is 0.254 e. The topological polar surface area (TPSA) is 49.9 Å². The third-order valence-electron chi connectivity index (χ3n) is 5.06. The lowest BCUT2D eigenvalue weighted by molar-refractivity contribution is -0.113. The van der Waals surface area contributed by atoms with Gasteiger partial charge in [-0.05, 0) is 49.1 Å². The molecule has 2 aliphatic rings. The summed E-state index contributed by atoms with van der Waals surface area (Å²) in [5.41, 5.74) is 1.39. The molecule has 5 nitrogen and oxygen atoms in total. The summed E-state index contributed by atoms with van der Waals surface area (Å²) >= 11 is 0. The molecule has 3 rings (SSSR count). The van der Waals surface area contributed by atoms with Crippen LogP contribution in [-0.2, 0) is 9.53 Å². The summed E-state index contributed by atoms with van der Waals surface area (Å²) in [6.45, 7) is 5.41. The number of anilines is 1. The minimum absolute atomic E-state index is 0.0341. The van der Waals surface area contributed by atoms with Gasteiger partial charge in [-0.25, -0.2) is 0 Å². The van der Waals surface area contributed by atoms with Crippen LogP contribution in [0, 0.1) is 5.92 Å². The van der Waals surface area contributed by atoms with Gasteiger partial charge in [0.1, 0.15) is 0 Å². The molecule has 0 N–H and O–H groups in total. The Labute approximate surface area is 142 Å². The van der Waals surface area contributed by atoms with Crippen LogP contribution in [-0.4, -0.2) is 49.6 Å². The first-order valence-corrected chi connectivity index (χ1v) is 8.51. The SMILES string of the molecule is C=CC(=O)N(C)c1ccc(C(=O)N2CCOC(C3CCC3)C2)cc1. The first-order valence-electron chi connectivity index (χ1n) is 8.51. The van der Waals surface area contributed by atoms with E-state index in [0.717, 1.165) is 5.69 Å². The predicted molar refractivity (Wildman–Crippen MR) is 93.0 cm³/mol. The van der Waals surface area contributed by atoms with Crippen molar-refractivity contribution in [3.05, 3.63) is 42.5 Å². The summed E-state index contributed by atoms with van der Waals surface area (Å²) < 4.78 is 5.84. The second kappa shape index (κ2) is 7.18. The van der Waals surface area contributed by atoms with Gasteiger partial charge < -0.3 is 14.5 Å². The number of carbonyl (C=O) groups excluding carboxylic acids is 2. The molecular weight excluding hydrogens is 304 g/mol. The number of rotatable bonds is 4. The summed E-state index contributed by atoms with van der Waals surface area (Å²) in [6.07, 6.45) is 5.16. The van der Waals surface area contributed by atoms with Gasteiger partial charge in [0.15, 0.2) is 0 Å². The number of amides is 2. The second-order valence-electron chi connectivity index (χ2n) is 6.50. The lowest BCUT2D eigenvalue weighted by Crippen LogP contribution is -2.49. The van der Waals surface area contributed by atoms with E-state index in [-0.39, 0.29) is 17.9 Å². The van der Waals surface area contributed by atoms with Gasteiger partial charge in [0.2, 0.25) is 5.91 Å². The highest BCUT2D eigenvalue weighted by Gasteiger charge is 2.33. The minimum Gasteiger partial charge on any atom is -0.374 e. The van der Waals surface area contributed by atoms with Gasteiger partial charge in [0.25, 0.3) is 5.91 Å². The summed E-state index contributed by atoms with van der Waals surface area (Å²) in [5.74, 6) is 0.471. The van der Waals surface area contributed by atoms with Crippen molar-refractivity contribution in [2.75, 3.05) is 31.6 Å². The molecule has 2 fully saturated rings. The molecule has 128 valence electrons. The Hall–Kier alpha value is -2.14. The van der Waals surface area contributed by atoms with E-state index in [4.69, 9.17) is 4.74 Å². The van der Waals surface area contributed by atoms with Crippen LogP contribution in [0.1, 0.15) is 29.6 Å². The maximum atomic E-state index is 12.7. The van der Waals surface area contributed by atoms with E-state index in [1.54, 1.807) is 31.3 Å². The van der Waals surface area contributed by atoms with Crippen molar-refractivity contribution in [1.82, 2.24) is 4.90 Å². The first kappa shape index (κ1) is 16.7. The summed E-state index contributed by atoms with van der Waals surface area (Å²) in [6, 6.07) is 7.13. The number of likely N-dealkylation sites (N-methyl/N-ethyl adjacent to an activating group) is 1. The Morgan fingerprint density at radius 1 is 1.29 bits per heavy atom. The molecule has 1 atom stereocenters. The van der Waals surface area contributed by atoms with Gasteiger partial charge in [0, 0.05) is 31.4 Å². The zero-order valence-electron chi connectivity index (χ0n) is 14.1. The largest absolute Gasteiger partial charge is 0.374 e. The molecule has 1 aromatic rings. The summed E-state index contributed by atoms with van der Waals surface area (Å²) in [4.78, 5) is 27.7. The average Bonchev–Trinajstić information content (AvgIpc) is 2.58. The molecule has 1 unspecified atom stereocenters. The van der Waals surface area contributed by atoms with Gasteiger partial charge in [-0.3, -0.25) is 9.59 Å². The highest BCUT2D eigenvalue weighted by molar-refractivity contribution is 6.01. The van der Waals surface area contributed by atoms with Crippen LogP contribution in [0.3, 0.4) is 0 Å². The van der Waals surface area contributed by atoms with Crippen LogP contribution in [0.4, 0.5) is 5.69 Å². The van der Waals surface area contributed by atoms with Crippen molar-refractivity contribution in [3.8, 4) is 0 Å². The predicted octanol–water partition coefficient (Wildman–Crippen LogP) is 2.48. The second-order valence-corrected chi connectivity index (χ2v) is 6.50. The lowest BCUT2D eigenvalue weighted by atomic mass is 9.80. The number of benzene rings is 1. The fourth-order valence-electron chi connectivity index (χ4n) is 3.23. The smallest absolute Gasteiger partial charge is 0.254 e. The molecule has 0 bridgehead atoms. The molecule has 2 amide bonds. The molecule has 5 heteroatoms. The van der Waals surface area contributed by atoms with Crippen molar-refractivity contribution in [2.45, 2.75) is 25.4 Å². The van der Waals surface area contributed by atoms with Crippen LogP contribution in [0.2, 0.25) is 0 Å². The van der Waals surface area contributed by atoms with Crippen molar-refractivity contribution >= 4 is 17.5 Å². The van der Waals surface area contributed by atoms with E-state index in [2.05, 4.69) is 6.58 Å². The van der Waals surface area contributed by atoms with Gasteiger partial charge in [-0.15, -0.1) is 0 Å². The molecule has 1 saturated carbocycles.